The summed E-state index contributed by atoms with van der Waals surface area (Å²) in [4.78, 5) is 100.0. The fourth-order valence-corrected chi connectivity index (χ4v) is 15.2. The number of likely N-dealkylation sites (N-methyl/N-ethyl adjacent to an activating group) is 1. The molecule has 2 aromatic heterocycles. The number of H-pyrrole nitrogens is 1. The molecule has 5 heterocycles. The minimum absolute atomic E-state index is 0.0172. The van der Waals surface area contributed by atoms with Crippen LogP contribution in [0, 0.1) is 18.8 Å². The van der Waals surface area contributed by atoms with Crippen LogP contribution in [-0.2, 0) is 71.6 Å². The van der Waals surface area contributed by atoms with E-state index in [-0.39, 0.29) is 96.0 Å². The number of phosphoric ester groups is 1. The zero-order chi connectivity index (χ0) is 72.1. The lowest BCUT2D eigenvalue weighted by atomic mass is 9.81. The van der Waals surface area contributed by atoms with E-state index < -0.39 is 82.2 Å². The lowest BCUT2D eigenvalue weighted by Gasteiger charge is -2.25. The van der Waals surface area contributed by atoms with Gasteiger partial charge < -0.3 is 64.4 Å². The molecule has 99 heavy (non-hydrogen) atoms. The predicted octanol–water partition coefficient (Wildman–Crippen LogP) is 8.24. The maximum atomic E-state index is 13.2. The number of nitrogens with two attached hydrogens (primary N) is 1. The highest BCUT2D eigenvalue weighted by Crippen LogP contribution is 2.66. The van der Waals surface area contributed by atoms with Crippen molar-refractivity contribution in [2.45, 2.75) is 121 Å². The van der Waals surface area contributed by atoms with E-state index in [1.165, 1.54) is 28.5 Å². The molecule has 3 unspecified atom stereocenters. The minimum Gasteiger partial charge on any atom is -0.491 e. The molecule has 0 bridgehead atoms. The fraction of sp³-hybridized carbons (Fsp3) is 0.429. The fourth-order valence-electron chi connectivity index (χ4n) is 11.6. The molecule has 1 fully saturated rings. The van der Waals surface area contributed by atoms with Crippen LogP contribution in [0.5, 0.6) is 5.75 Å². The Balaban J connectivity index is 0.727. The highest BCUT2D eigenvalue weighted by molar-refractivity contribution is 7.85. The molecule has 10 N–H and O–H groups in total. The number of fused-ring (bicyclic) bond motifs is 3. The van der Waals surface area contributed by atoms with Crippen molar-refractivity contribution < 1.29 is 97.3 Å². The zero-order valence-electron chi connectivity index (χ0n) is 55.0. The van der Waals surface area contributed by atoms with E-state index >= 15 is 0 Å². The molecule has 3 aliphatic heterocycles. The minimum atomic E-state index is -5.74. The number of allylic oxidation sites excluding steroid dienone is 6. The first-order chi connectivity index (χ1) is 46.7. The Morgan fingerprint density at radius 3 is 2.46 bits per heavy atom. The third-order valence-corrected chi connectivity index (χ3v) is 20.9. The zero-order valence-corrected chi connectivity index (χ0v) is 58.5. The number of azide groups is 1. The van der Waals surface area contributed by atoms with Crippen molar-refractivity contribution in [3.8, 4) is 17.6 Å². The van der Waals surface area contributed by atoms with E-state index in [0.717, 1.165) is 40.3 Å². The van der Waals surface area contributed by atoms with E-state index in [0.29, 0.717) is 44.3 Å². The van der Waals surface area contributed by atoms with Crippen molar-refractivity contribution in [3.05, 3.63) is 152 Å². The van der Waals surface area contributed by atoms with E-state index in [1.807, 2.05) is 45.1 Å². The van der Waals surface area contributed by atoms with Gasteiger partial charge >= 0.3 is 23.5 Å². The average molecular weight is 1450 g/mol. The van der Waals surface area contributed by atoms with Crippen LogP contribution in [0.2, 0.25) is 0 Å². The standard InChI is InChI=1S/C63H78N11O21P3S/c1-7-72-50-27-25-47(99(86,87)88)36-49(50)63(5,6)52(72)21-9-8-10-22-53-62(3,4)48-34-41(2)23-26-51(48)73(53)31-12-11-18-44(75)19-15-30-67-59(77)42-16-13-20-45(35-42)91-40-55(70-71-65)90-33-32-89-39-54(76)66-29-14-17-43-37-74(58-57(43)60(78)69-61(64)68-58)56-28-24-46(93-56)38-92-97(82,83)95-98(84,85)94-96(79,80)81/h8-10,13,16,20-23,25-27,34-37,46,55-56H,7,11-12,15,18-19,24,28-33,38-40H2,1-6H3,(H9-,64,66,67,68,69,76,77,78,79,80,81,82,83,84,85,86,87,88)/p+1/t46-,55?,56+/m0/s1. The quantitative estimate of drug-likeness (QED) is 0.00215. The molecule has 532 valence electrons. The molecule has 36 heteroatoms. The van der Waals surface area contributed by atoms with Gasteiger partial charge in [0.1, 0.15) is 37.5 Å². The maximum Gasteiger partial charge on any atom is 0.490 e. The Morgan fingerprint density at radius 1 is 0.960 bits per heavy atom. The molecule has 0 radical (unpaired) electrons. The van der Waals surface area contributed by atoms with Crippen molar-refractivity contribution >= 4 is 85.3 Å². The van der Waals surface area contributed by atoms with Crippen LogP contribution >= 0.6 is 23.5 Å². The van der Waals surface area contributed by atoms with Gasteiger partial charge in [0.2, 0.25) is 17.5 Å². The first-order valence-corrected chi connectivity index (χ1v) is 37.2. The number of rotatable bonds is 34. The Bertz CT molecular complexity index is 4450. The Kier molecular flexibility index (Phi) is 25.6. The van der Waals surface area contributed by atoms with Gasteiger partial charge in [-0.1, -0.05) is 66.7 Å². The van der Waals surface area contributed by atoms with Gasteiger partial charge in [-0.25, -0.2) is 13.7 Å². The number of carbonyl (C=O) groups is 3. The van der Waals surface area contributed by atoms with Crippen LogP contribution in [0.4, 0.5) is 17.3 Å². The molecule has 0 spiro atoms. The SMILES string of the molecule is CCN1C(=CC=CC=CC2=[N+](CCCCC(=O)CCCNC(=O)c3cccc(OCC(N=[N+]=[N-])OCCOCC(=O)NCC#Cc4cn([C@H]5CC[C@@H](COP(=O)(O)OP(=O)(O)OP(=O)(O)O)O5)c5nc(N)[nH]c(=O)c45)c3)c3ccc(C)cc3C2(C)C)C(C)(C)c2cc(S(=O)(=O)O)ccc21. The van der Waals surface area contributed by atoms with Gasteiger partial charge in [-0.3, -0.25) is 33.2 Å². The summed E-state index contributed by atoms with van der Waals surface area (Å²) >= 11 is 0. The van der Waals surface area contributed by atoms with Crippen LogP contribution in [-0.4, -0.2) is 147 Å². The van der Waals surface area contributed by atoms with Crippen molar-refractivity contribution in [2.24, 2.45) is 5.11 Å². The van der Waals surface area contributed by atoms with Gasteiger partial charge in [-0.2, -0.15) is 26.6 Å². The molecule has 8 rings (SSSR count). The third kappa shape index (κ3) is 20.6. The van der Waals surface area contributed by atoms with E-state index in [1.54, 1.807) is 30.3 Å². The summed E-state index contributed by atoms with van der Waals surface area (Å²) in [6.45, 7) is 12.5. The van der Waals surface area contributed by atoms with Crippen molar-refractivity contribution in [1.82, 2.24) is 25.2 Å². The summed E-state index contributed by atoms with van der Waals surface area (Å²) < 4.78 is 107. The number of hydrogen-bond donors (Lipinski definition) is 9. The summed E-state index contributed by atoms with van der Waals surface area (Å²) in [5, 5.41) is 9.03. The molecule has 32 nitrogen and oxygen atoms in total. The number of amides is 2. The van der Waals surface area contributed by atoms with Crippen molar-refractivity contribution in [3.63, 3.8) is 0 Å². The summed E-state index contributed by atoms with van der Waals surface area (Å²) in [5.74, 6) is 4.73. The van der Waals surface area contributed by atoms with Gasteiger partial charge in [0.05, 0.1) is 53.7 Å². The maximum absolute atomic E-state index is 13.2. The first-order valence-electron chi connectivity index (χ1n) is 31.3. The number of carbonyl (C=O) groups excluding carboxylic acids is 3. The van der Waals surface area contributed by atoms with Crippen LogP contribution in [0.25, 0.3) is 21.5 Å². The number of phosphoric acid groups is 3. The predicted molar refractivity (Wildman–Crippen MR) is 362 cm³/mol. The largest absolute Gasteiger partial charge is 0.491 e. The van der Waals surface area contributed by atoms with Gasteiger partial charge in [0.25, 0.3) is 21.6 Å². The molecular formula is C63H79N11O21P3S+. The normalized spacial score (nSPS) is 18.4. The lowest BCUT2D eigenvalue weighted by molar-refractivity contribution is -0.438. The van der Waals surface area contributed by atoms with Crippen molar-refractivity contribution in [2.75, 3.05) is 69.8 Å². The summed E-state index contributed by atoms with van der Waals surface area (Å²) in [6, 6.07) is 17.5. The van der Waals surface area contributed by atoms with E-state index in [9.17, 15) is 61.2 Å². The number of ketones is 1. The Hall–Kier alpha value is -7.95. The number of unbranched alkanes of at least 4 members (excludes halogenated alkanes) is 1. The van der Waals surface area contributed by atoms with Crippen LogP contribution in [0.3, 0.4) is 0 Å². The number of nitrogen functional groups attached to an aromatic ring is 1. The van der Waals surface area contributed by atoms with E-state index in [2.05, 4.69) is 110 Å². The Morgan fingerprint density at radius 2 is 1.73 bits per heavy atom. The summed E-state index contributed by atoms with van der Waals surface area (Å²) in [5.41, 5.74) is 21.4. The molecule has 2 amide bonds. The number of benzene rings is 3. The molecule has 3 aliphatic rings. The van der Waals surface area contributed by atoms with Crippen molar-refractivity contribution in [1.29, 1.82) is 0 Å². The third-order valence-electron chi connectivity index (χ3n) is 16.2. The second-order valence-electron chi connectivity index (χ2n) is 24.1. The number of aromatic nitrogens is 3. The Labute approximate surface area is 570 Å². The number of aromatic amines is 1. The number of aryl methyl sites for hydroxylation is 1. The smallest absolute Gasteiger partial charge is 0.490 e. The average Bonchev–Trinajstić information content (AvgIpc) is 1.60. The number of ether oxygens (including phenoxy) is 4. The number of anilines is 2. The molecule has 5 aromatic rings. The first kappa shape index (κ1) is 76.8. The molecule has 1 saturated heterocycles. The highest BCUT2D eigenvalue weighted by Gasteiger charge is 2.45. The van der Waals surface area contributed by atoms with Crippen LogP contribution in [0.15, 0.2) is 118 Å². The number of hydrogen-bond acceptors (Lipinski definition) is 20. The summed E-state index contributed by atoms with van der Waals surface area (Å²) in [7, 11) is -21.1. The van der Waals surface area contributed by atoms with Gasteiger partial charge in [-0.05, 0) is 113 Å². The van der Waals surface area contributed by atoms with E-state index in [4.69, 9.17) is 34.5 Å². The molecule has 0 saturated carbocycles. The van der Waals surface area contributed by atoms with Gasteiger partial charge in [0.15, 0.2) is 17.6 Å². The molecule has 5 atom stereocenters. The molecular weight excluding hydrogens is 1370 g/mol. The summed E-state index contributed by atoms with van der Waals surface area (Å²) in [6.07, 6.45) is 11.7. The lowest BCUT2D eigenvalue weighted by Crippen LogP contribution is -2.29. The van der Waals surface area contributed by atoms with Crippen LogP contribution < -0.4 is 31.6 Å². The van der Waals surface area contributed by atoms with Gasteiger partial charge in [-0.15, -0.1) is 0 Å². The molecule has 3 aromatic carbocycles. The number of Topliss-reactive ketones (excluding diaryl/α,β-unsaturated/α-hetero) is 1. The number of nitrogens with one attached hydrogen (secondary N) is 3. The monoisotopic (exact) mass is 1450 g/mol. The van der Waals surface area contributed by atoms with Crippen LogP contribution in [0.1, 0.15) is 118 Å². The number of nitrogens with zero attached hydrogens (tertiary/aromatic N) is 7. The topological polar surface area (TPSA) is 458 Å². The highest BCUT2D eigenvalue weighted by atomic mass is 32.2. The second kappa shape index (κ2) is 33.0. The second-order valence-corrected chi connectivity index (χ2v) is 30.0. The molecule has 0 aliphatic carbocycles. The van der Waals surface area contributed by atoms with Gasteiger partial charge in [0, 0.05) is 83.5 Å².